The molecule has 0 bridgehead atoms. The molecule has 0 heterocycles. The van der Waals surface area contributed by atoms with Crippen LogP contribution in [0.4, 0.5) is 0 Å². The molecule has 0 amide bonds. The van der Waals surface area contributed by atoms with Crippen LogP contribution >= 0.6 is 0 Å². The molecule has 0 fully saturated rings. The summed E-state index contributed by atoms with van der Waals surface area (Å²) < 4.78 is 35.8. The third-order valence-electron chi connectivity index (χ3n) is 5.12. The molecule has 0 spiro atoms. The monoisotopic (exact) mass is 382 g/mol. The van der Waals surface area contributed by atoms with E-state index in [9.17, 15) is 13.0 Å². The molecule has 0 saturated heterocycles. The molecule has 1 aromatic carbocycles. The summed E-state index contributed by atoms with van der Waals surface area (Å²) in [5.74, 6) is 0. The molecular weight excluding hydrogens is 348 g/mol. The van der Waals surface area contributed by atoms with Crippen molar-refractivity contribution >= 4 is 24.3 Å². The fraction of sp³-hybridized carbons (Fsp3) is 0.600. The van der Waals surface area contributed by atoms with Crippen molar-refractivity contribution in [2.24, 2.45) is 0 Å². The van der Waals surface area contributed by atoms with Gasteiger partial charge in [0.1, 0.15) is 8.07 Å². The molecule has 0 saturated carbocycles. The Hall–Kier alpha value is -0.913. The van der Waals surface area contributed by atoms with Crippen LogP contribution < -0.4 is 0 Å². The summed E-state index contributed by atoms with van der Waals surface area (Å²) in [6, 6.07) is 9.40. The highest BCUT2D eigenvalue weighted by Crippen LogP contribution is 2.65. The van der Waals surface area contributed by atoms with Crippen molar-refractivity contribution < 1.29 is 13.0 Å². The summed E-state index contributed by atoms with van der Waals surface area (Å²) in [7, 11) is -7.17. The molecule has 142 valence electrons. The average Bonchev–Trinajstić information content (AvgIpc) is 2.33. The fourth-order valence-electron chi connectivity index (χ4n) is 5.56. The molecule has 25 heavy (non-hydrogen) atoms. The molecule has 0 radical (unpaired) electrons. The van der Waals surface area contributed by atoms with E-state index in [1.54, 1.807) is 6.08 Å². The lowest BCUT2D eigenvalue weighted by atomic mass is 10.2. The topological polar surface area (TPSA) is 54.4 Å². The fourth-order valence-corrected chi connectivity index (χ4v) is 19.5. The normalized spacial score (nSPS) is 15.4. The Morgan fingerprint density at radius 1 is 0.840 bits per heavy atom. The maximum absolute atomic E-state index is 12.6. The van der Waals surface area contributed by atoms with Crippen LogP contribution in [0, 0.1) is 0 Å². The summed E-state index contributed by atoms with van der Waals surface area (Å²) in [5.41, 5.74) is 0.796. The molecule has 0 aliphatic carbocycles. The number of rotatable bonds is 3. The maximum Gasteiger partial charge on any atom is 0.286 e. The van der Waals surface area contributed by atoms with Gasteiger partial charge in [-0.15, -0.1) is 0 Å². The Balaban J connectivity index is 4.08. The van der Waals surface area contributed by atoms with E-state index in [4.69, 9.17) is 0 Å². The Kier molecular flexibility index (Phi) is 5.91. The number of benzene rings is 1. The van der Waals surface area contributed by atoms with Crippen LogP contribution in [0.2, 0.25) is 15.1 Å². The molecular formula is C20H34O3SSi. The quantitative estimate of drug-likeness (QED) is 0.492. The van der Waals surface area contributed by atoms with Gasteiger partial charge in [-0.1, -0.05) is 92.6 Å². The first-order chi connectivity index (χ1) is 11.0. The predicted octanol–water partition coefficient (Wildman–Crippen LogP) is 6.30. The van der Waals surface area contributed by atoms with Gasteiger partial charge in [0.25, 0.3) is 10.1 Å². The van der Waals surface area contributed by atoms with Gasteiger partial charge in [0.2, 0.25) is 0 Å². The minimum absolute atomic E-state index is 0.221. The summed E-state index contributed by atoms with van der Waals surface area (Å²) in [4.78, 5) is 0. The zero-order chi connectivity index (χ0) is 19.9. The third-order valence-corrected chi connectivity index (χ3v) is 15.1. The first-order valence-corrected chi connectivity index (χ1v) is 12.1. The van der Waals surface area contributed by atoms with Crippen LogP contribution in [0.5, 0.6) is 0 Å². The molecule has 3 nitrogen and oxygen atoms in total. The third kappa shape index (κ3) is 4.09. The van der Waals surface area contributed by atoms with E-state index in [1.165, 1.54) is 0 Å². The lowest BCUT2D eigenvalue weighted by molar-refractivity contribution is 0.486. The van der Waals surface area contributed by atoms with Crippen molar-refractivity contribution in [3.8, 4) is 0 Å². The summed E-state index contributed by atoms with van der Waals surface area (Å²) in [6.07, 6.45) is 1.70. The van der Waals surface area contributed by atoms with E-state index in [2.05, 4.69) is 62.3 Å². The second kappa shape index (κ2) is 6.67. The van der Waals surface area contributed by atoms with Crippen LogP contribution in [0.25, 0.3) is 6.08 Å². The minimum atomic E-state index is -4.35. The molecule has 1 N–H and O–H groups in total. The zero-order valence-electron chi connectivity index (χ0n) is 17.1. The van der Waals surface area contributed by atoms with Gasteiger partial charge >= 0.3 is 0 Å². The predicted molar refractivity (Wildman–Crippen MR) is 111 cm³/mol. The van der Waals surface area contributed by atoms with E-state index >= 15 is 0 Å². The molecule has 0 aromatic heterocycles. The molecule has 0 unspecified atom stereocenters. The molecule has 0 aliphatic rings. The highest BCUT2D eigenvalue weighted by Gasteiger charge is 2.64. The van der Waals surface area contributed by atoms with E-state index in [-0.39, 0.29) is 19.6 Å². The Morgan fingerprint density at radius 3 is 1.48 bits per heavy atom. The van der Waals surface area contributed by atoms with E-state index in [1.807, 2.05) is 30.3 Å². The summed E-state index contributed by atoms with van der Waals surface area (Å²) in [5, 5.41) is -0.834. The first kappa shape index (κ1) is 22.1. The number of hydrogen-bond acceptors (Lipinski definition) is 2. The van der Waals surface area contributed by atoms with Gasteiger partial charge in [-0.2, -0.15) is 8.42 Å². The highest BCUT2D eigenvalue weighted by atomic mass is 32.2. The average molecular weight is 383 g/mol. The van der Waals surface area contributed by atoms with E-state index < -0.39 is 18.2 Å². The van der Waals surface area contributed by atoms with Gasteiger partial charge < -0.3 is 0 Å². The Morgan fingerprint density at radius 2 is 1.20 bits per heavy atom. The van der Waals surface area contributed by atoms with Gasteiger partial charge in [0.15, 0.2) is 0 Å². The number of hydrogen-bond donors (Lipinski definition) is 1. The second-order valence-electron chi connectivity index (χ2n) is 9.89. The first-order valence-electron chi connectivity index (χ1n) is 8.71. The zero-order valence-corrected chi connectivity index (χ0v) is 19.0. The van der Waals surface area contributed by atoms with Crippen molar-refractivity contribution in [2.45, 2.75) is 77.4 Å². The van der Waals surface area contributed by atoms with Crippen molar-refractivity contribution in [1.82, 2.24) is 0 Å². The molecule has 1 aromatic rings. The van der Waals surface area contributed by atoms with Crippen LogP contribution in [-0.2, 0) is 10.1 Å². The van der Waals surface area contributed by atoms with Gasteiger partial charge in [0, 0.05) is 0 Å². The smallest absolute Gasteiger partial charge is 0.282 e. The van der Waals surface area contributed by atoms with Crippen molar-refractivity contribution in [3.63, 3.8) is 0 Å². The SMILES string of the molecule is CC(C)(C)[Si](C(=Cc1ccccc1)S(=O)(=O)O)(C(C)(C)C)C(C)(C)C. The molecule has 0 aliphatic heterocycles. The summed E-state index contributed by atoms with van der Waals surface area (Å²) >= 11 is 0. The van der Waals surface area contributed by atoms with Crippen LogP contribution in [-0.4, -0.2) is 21.0 Å². The van der Waals surface area contributed by atoms with Crippen LogP contribution in [0.15, 0.2) is 34.9 Å². The molecule has 5 heteroatoms. The highest BCUT2D eigenvalue weighted by molar-refractivity contribution is 7.92. The van der Waals surface area contributed by atoms with Gasteiger partial charge in [0.05, 0.1) is 4.53 Å². The van der Waals surface area contributed by atoms with Crippen molar-refractivity contribution in [2.75, 3.05) is 0 Å². The molecule has 1 rings (SSSR count). The van der Waals surface area contributed by atoms with Gasteiger partial charge in [-0.25, -0.2) is 0 Å². The lowest BCUT2D eigenvalue weighted by Gasteiger charge is -2.59. The van der Waals surface area contributed by atoms with Crippen LogP contribution in [0.1, 0.15) is 67.9 Å². The Labute approximate surface area is 155 Å². The van der Waals surface area contributed by atoms with Gasteiger partial charge in [-0.05, 0) is 26.8 Å². The summed E-state index contributed by atoms with van der Waals surface area (Å²) in [6.45, 7) is 19.0. The lowest BCUT2D eigenvalue weighted by Crippen LogP contribution is -2.61. The second-order valence-corrected chi connectivity index (χ2v) is 18.2. The van der Waals surface area contributed by atoms with Gasteiger partial charge in [-0.3, -0.25) is 4.55 Å². The van der Waals surface area contributed by atoms with E-state index in [0.717, 1.165) is 5.56 Å². The minimum Gasteiger partial charge on any atom is -0.282 e. The standard InChI is InChI=1S/C20H34O3SSi/c1-18(2,3)25(19(4,5)6,20(7,8)9)17(24(21,22)23)15-16-13-11-10-12-14-16/h10-15H,1-9H3,(H,21,22,23). The molecule has 0 atom stereocenters. The largest absolute Gasteiger partial charge is 0.286 e. The van der Waals surface area contributed by atoms with Crippen molar-refractivity contribution in [3.05, 3.63) is 40.4 Å². The maximum atomic E-state index is 12.6. The Bertz CT molecular complexity index is 692. The van der Waals surface area contributed by atoms with Crippen molar-refractivity contribution in [1.29, 1.82) is 0 Å². The van der Waals surface area contributed by atoms with Crippen LogP contribution in [0.3, 0.4) is 0 Å². The van der Waals surface area contributed by atoms with E-state index in [0.29, 0.717) is 0 Å².